The standard InChI is InChI=1S/C12H13Br2NOS/c1-2-15-10(6-8-4-3-5-16-8)9-7-11(13)17-12(9)14/h3-5,7,10,15H,2,6H2,1H3. The summed E-state index contributed by atoms with van der Waals surface area (Å²) in [4.78, 5) is 0. The van der Waals surface area contributed by atoms with Crippen molar-refractivity contribution in [3.8, 4) is 0 Å². The molecule has 2 rings (SSSR count). The monoisotopic (exact) mass is 377 g/mol. The summed E-state index contributed by atoms with van der Waals surface area (Å²) in [7, 11) is 0. The summed E-state index contributed by atoms with van der Waals surface area (Å²) in [6.45, 7) is 3.05. The van der Waals surface area contributed by atoms with E-state index in [1.54, 1.807) is 17.6 Å². The summed E-state index contributed by atoms with van der Waals surface area (Å²) in [5.41, 5.74) is 1.28. The van der Waals surface area contributed by atoms with E-state index >= 15 is 0 Å². The maximum Gasteiger partial charge on any atom is 0.105 e. The average Bonchev–Trinajstić information content (AvgIpc) is 2.88. The van der Waals surface area contributed by atoms with Gasteiger partial charge in [0, 0.05) is 12.5 Å². The molecular weight excluding hydrogens is 366 g/mol. The lowest BCUT2D eigenvalue weighted by Crippen LogP contribution is -2.22. The molecule has 2 heterocycles. The predicted octanol–water partition coefficient (Wildman–Crippen LogP) is 4.76. The number of nitrogens with one attached hydrogen (secondary N) is 1. The minimum Gasteiger partial charge on any atom is -0.469 e. The van der Waals surface area contributed by atoms with E-state index in [-0.39, 0.29) is 6.04 Å². The molecule has 2 aromatic heterocycles. The highest BCUT2D eigenvalue weighted by atomic mass is 79.9. The summed E-state index contributed by atoms with van der Waals surface area (Å²) < 4.78 is 7.72. The summed E-state index contributed by atoms with van der Waals surface area (Å²) in [6.07, 6.45) is 2.58. The van der Waals surface area contributed by atoms with Gasteiger partial charge in [-0.15, -0.1) is 11.3 Å². The van der Waals surface area contributed by atoms with E-state index in [1.165, 1.54) is 9.35 Å². The molecule has 0 aromatic carbocycles. The van der Waals surface area contributed by atoms with Crippen LogP contribution in [0.5, 0.6) is 0 Å². The molecule has 0 aliphatic carbocycles. The Hall–Kier alpha value is -0.100. The molecule has 0 saturated carbocycles. The van der Waals surface area contributed by atoms with Crippen molar-refractivity contribution in [1.82, 2.24) is 5.32 Å². The van der Waals surface area contributed by atoms with Gasteiger partial charge >= 0.3 is 0 Å². The second-order valence-electron chi connectivity index (χ2n) is 3.67. The molecule has 0 aliphatic rings. The fourth-order valence-corrected chi connectivity index (χ4v) is 4.73. The van der Waals surface area contributed by atoms with Gasteiger partial charge in [-0.1, -0.05) is 6.92 Å². The molecule has 1 N–H and O–H groups in total. The lowest BCUT2D eigenvalue weighted by Gasteiger charge is -2.16. The van der Waals surface area contributed by atoms with Crippen molar-refractivity contribution in [2.45, 2.75) is 19.4 Å². The Kier molecular flexibility index (Phi) is 4.85. The first kappa shape index (κ1) is 13.3. The lowest BCUT2D eigenvalue weighted by molar-refractivity contribution is 0.455. The summed E-state index contributed by atoms with van der Waals surface area (Å²) in [5.74, 6) is 1.00. The molecule has 17 heavy (non-hydrogen) atoms. The van der Waals surface area contributed by atoms with Crippen LogP contribution in [0, 0.1) is 0 Å². The molecule has 0 saturated heterocycles. The zero-order chi connectivity index (χ0) is 12.3. The Bertz CT molecular complexity index is 467. The third-order valence-electron chi connectivity index (χ3n) is 2.49. The topological polar surface area (TPSA) is 25.2 Å². The van der Waals surface area contributed by atoms with Crippen LogP contribution in [0.2, 0.25) is 0 Å². The van der Waals surface area contributed by atoms with Gasteiger partial charge in [-0.2, -0.15) is 0 Å². The second kappa shape index (κ2) is 6.18. The van der Waals surface area contributed by atoms with Crippen LogP contribution in [-0.2, 0) is 6.42 Å². The molecule has 2 aromatic rings. The summed E-state index contributed by atoms with van der Waals surface area (Å²) in [6, 6.07) is 6.38. The Morgan fingerprint density at radius 2 is 2.29 bits per heavy atom. The first-order chi connectivity index (χ1) is 8.20. The summed E-state index contributed by atoms with van der Waals surface area (Å²) >= 11 is 8.83. The number of likely N-dealkylation sites (N-methyl/N-ethyl adjacent to an activating group) is 1. The highest BCUT2D eigenvalue weighted by Crippen LogP contribution is 2.36. The van der Waals surface area contributed by atoms with Crippen molar-refractivity contribution in [2.75, 3.05) is 6.54 Å². The fourth-order valence-electron chi connectivity index (χ4n) is 1.76. The average molecular weight is 379 g/mol. The van der Waals surface area contributed by atoms with Crippen molar-refractivity contribution in [1.29, 1.82) is 0 Å². The zero-order valence-electron chi connectivity index (χ0n) is 9.37. The fraction of sp³-hybridized carbons (Fsp3) is 0.333. The van der Waals surface area contributed by atoms with Crippen LogP contribution in [0.25, 0.3) is 0 Å². The Balaban J connectivity index is 2.19. The van der Waals surface area contributed by atoms with Crippen LogP contribution in [0.3, 0.4) is 0 Å². The minimum atomic E-state index is 0.281. The van der Waals surface area contributed by atoms with Crippen molar-refractivity contribution in [3.05, 3.63) is 43.4 Å². The first-order valence-electron chi connectivity index (χ1n) is 5.41. The number of furan rings is 1. The SMILES string of the molecule is CCNC(Cc1ccco1)c1cc(Br)sc1Br. The smallest absolute Gasteiger partial charge is 0.105 e. The number of hydrogen-bond acceptors (Lipinski definition) is 3. The van der Waals surface area contributed by atoms with Crippen LogP contribution >= 0.6 is 43.2 Å². The number of rotatable bonds is 5. The van der Waals surface area contributed by atoms with Gasteiger partial charge in [0.1, 0.15) is 5.76 Å². The van der Waals surface area contributed by atoms with Gasteiger partial charge in [0.15, 0.2) is 0 Å². The molecule has 5 heteroatoms. The van der Waals surface area contributed by atoms with Gasteiger partial charge in [-0.25, -0.2) is 0 Å². The van der Waals surface area contributed by atoms with Crippen molar-refractivity contribution >= 4 is 43.2 Å². The third kappa shape index (κ3) is 3.44. The van der Waals surface area contributed by atoms with Crippen LogP contribution in [0.1, 0.15) is 24.3 Å². The number of thiophene rings is 1. The molecule has 0 spiro atoms. The van der Waals surface area contributed by atoms with Gasteiger partial charge < -0.3 is 9.73 Å². The van der Waals surface area contributed by atoms with Gasteiger partial charge in [0.05, 0.1) is 13.8 Å². The number of hydrogen-bond donors (Lipinski definition) is 1. The highest BCUT2D eigenvalue weighted by Gasteiger charge is 2.17. The second-order valence-corrected chi connectivity index (χ2v) is 7.42. The number of halogens is 2. The molecule has 0 radical (unpaired) electrons. The largest absolute Gasteiger partial charge is 0.469 e. The molecule has 0 aliphatic heterocycles. The minimum absolute atomic E-state index is 0.281. The third-order valence-corrected chi connectivity index (χ3v) is 4.88. The Morgan fingerprint density at radius 3 is 2.82 bits per heavy atom. The maximum absolute atomic E-state index is 5.41. The van der Waals surface area contributed by atoms with Gasteiger partial charge in [0.25, 0.3) is 0 Å². The zero-order valence-corrected chi connectivity index (χ0v) is 13.4. The van der Waals surface area contributed by atoms with Crippen molar-refractivity contribution in [3.63, 3.8) is 0 Å². The normalized spacial score (nSPS) is 12.9. The van der Waals surface area contributed by atoms with Crippen LogP contribution < -0.4 is 5.32 Å². The van der Waals surface area contributed by atoms with Gasteiger partial charge in [-0.3, -0.25) is 0 Å². The van der Waals surface area contributed by atoms with E-state index in [9.17, 15) is 0 Å². The molecule has 2 nitrogen and oxygen atoms in total. The van der Waals surface area contributed by atoms with E-state index in [0.717, 1.165) is 22.5 Å². The Morgan fingerprint density at radius 1 is 1.47 bits per heavy atom. The first-order valence-corrected chi connectivity index (χ1v) is 7.81. The van der Waals surface area contributed by atoms with Crippen molar-refractivity contribution < 1.29 is 4.42 Å². The quantitative estimate of drug-likeness (QED) is 0.811. The molecule has 0 fully saturated rings. The van der Waals surface area contributed by atoms with E-state index in [2.05, 4.69) is 50.2 Å². The van der Waals surface area contributed by atoms with Crippen LogP contribution in [0.4, 0.5) is 0 Å². The van der Waals surface area contributed by atoms with Crippen LogP contribution in [-0.4, -0.2) is 6.54 Å². The van der Waals surface area contributed by atoms with E-state index in [0.29, 0.717) is 0 Å². The van der Waals surface area contributed by atoms with E-state index < -0.39 is 0 Å². The van der Waals surface area contributed by atoms with Crippen molar-refractivity contribution in [2.24, 2.45) is 0 Å². The lowest BCUT2D eigenvalue weighted by atomic mass is 10.1. The van der Waals surface area contributed by atoms with Gasteiger partial charge in [-0.05, 0) is 62.2 Å². The summed E-state index contributed by atoms with van der Waals surface area (Å²) in [5, 5.41) is 3.49. The molecule has 0 amide bonds. The molecular formula is C12H13Br2NOS. The maximum atomic E-state index is 5.41. The van der Waals surface area contributed by atoms with Gasteiger partial charge in [0.2, 0.25) is 0 Å². The van der Waals surface area contributed by atoms with E-state index in [4.69, 9.17) is 4.42 Å². The Labute approximate surface area is 122 Å². The molecule has 1 unspecified atom stereocenters. The molecule has 1 atom stereocenters. The van der Waals surface area contributed by atoms with Crippen LogP contribution in [0.15, 0.2) is 36.5 Å². The predicted molar refractivity (Wildman–Crippen MR) is 78.5 cm³/mol. The molecule has 92 valence electrons. The molecule has 0 bridgehead atoms. The van der Waals surface area contributed by atoms with E-state index in [1.807, 2.05) is 12.1 Å². The highest BCUT2D eigenvalue weighted by molar-refractivity contribution is 9.12.